The Hall–Kier alpha value is -2.76. The second kappa shape index (κ2) is 7.64. The van der Waals surface area contributed by atoms with Crippen molar-refractivity contribution in [3.63, 3.8) is 0 Å². The van der Waals surface area contributed by atoms with Gasteiger partial charge in [-0.05, 0) is 49.1 Å². The molecule has 2 amide bonds. The van der Waals surface area contributed by atoms with Crippen molar-refractivity contribution >= 4 is 17.5 Å². The number of benzene rings is 2. The predicted octanol–water partition coefficient (Wildman–Crippen LogP) is 4.09. The Labute approximate surface area is 150 Å². The summed E-state index contributed by atoms with van der Waals surface area (Å²) in [6, 6.07) is 9.54. The molecule has 1 fully saturated rings. The number of piperidine rings is 1. The van der Waals surface area contributed by atoms with Crippen LogP contribution in [0.5, 0.6) is 0 Å². The minimum Gasteiger partial charge on any atom is -0.339 e. The van der Waals surface area contributed by atoms with Crippen LogP contribution in [-0.2, 0) is 0 Å². The third-order valence-corrected chi connectivity index (χ3v) is 4.64. The van der Waals surface area contributed by atoms with Crippen LogP contribution in [0.15, 0.2) is 42.5 Å². The van der Waals surface area contributed by atoms with Crippen LogP contribution in [0.1, 0.15) is 40.5 Å². The monoisotopic (exact) mass is 358 g/mol. The highest BCUT2D eigenvalue weighted by Gasteiger charge is 2.22. The molecular formula is C20H20F2N2O2. The number of anilines is 1. The van der Waals surface area contributed by atoms with E-state index in [0.29, 0.717) is 24.6 Å². The maximum Gasteiger partial charge on any atom is 0.255 e. The van der Waals surface area contributed by atoms with Gasteiger partial charge in [0, 0.05) is 24.2 Å². The van der Waals surface area contributed by atoms with E-state index in [1.54, 1.807) is 17.0 Å². The second-order valence-corrected chi connectivity index (χ2v) is 6.61. The number of nitrogens with one attached hydrogen (secondary N) is 1. The fourth-order valence-electron chi connectivity index (χ4n) is 2.99. The largest absolute Gasteiger partial charge is 0.339 e. The van der Waals surface area contributed by atoms with E-state index >= 15 is 0 Å². The Bertz CT molecular complexity index is 810. The van der Waals surface area contributed by atoms with Crippen LogP contribution in [0, 0.1) is 17.6 Å². The van der Waals surface area contributed by atoms with E-state index < -0.39 is 23.2 Å². The van der Waals surface area contributed by atoms with E-state index in [-0.39, 0.29) is 11.5 Å². The summed E-state index contributed by atoms with van der Waals surface area (Å²) < 4.78 is 27.4. The van der Waals surface area contributed by atoms with Crippen molar-refractivity contribution in [1.29, 1.82) is 0 Å². The molecule has 3 rings (SSSR count). The predicted molar refractivity (Wildman–Crippen MR) is 95.1 cm³/mol. The molecule has 0 unspecified atom stereocenters. The molecule has 0 radical (unpaired) electrons. The number of halogens is 2. The van der Waals surface area contributed by atoms with Crippen molar-refractivity contribution in [3.05, 3.63) is 65.2 Å². The Balaban J connectivity index is 1.76. The average Bonchev–Trinajstić information content (AvgIpc) is 2.65. The van der Waals surface area contributed by atoms with Crippen LogP contribution in [-0.4, -0.2) is 29.8 Å². The van der Waals surface area contributed by atoms with E-state index in [1.165, 1.54) is 18.2 Å². The first kappa shape index (κ1) is 18.0. The Morgan fingerprint density at radius 3 is 2.23 bits per heavy atom. The maximum atomic E-state index is 13.7. The lowest BCUT2D eigenvalue weighted by Gasteiger charge is -2.30. The van der Waals surface area contributed by atoms with Crippen molar-refractivity contribution in [2.75, 3.05) is 18.4 Å². The summed E-state index contributed by atoms with van der Waals surface area (Å²) in [7, 11) is 0. The van der Waals surface area contributed by atoms with Gasteiger partial charge in [0.05, 0.1) is 0 Å². The van der Waals surface area contributed by atoms with Gasteiger partial charge in [-0.3, -0.25) is 9.59 Å². The molecular weight excluding hydrogens is 338 g/mol. The first-order valence-electron chi connectivity index (χ1n) is 8.60. The summed E-state index contributed by atoms with van der Waals surface area (Å²) in [4.78, 5) is 26.7. The van der Waals surface area contributed by atoms with Gasteiger partial charge in [0.25, 0.3) is 11.8 Å². The zero-order valence-corrected chi connectivity index (χ0v) is 14.5. The fourth-order valence-corrected chi connectivity index (χ4v) is 2.99. The molecule has 2 aromatic carbocycles. The number of para-hydroxylation sites is 1. The molecule has 0 atom stereocenters. The van der Waals surface area contributed by atoms with Gasteiger partial charge in [-0.2, -0.15) is 0 Å². The Kier molecular flexibility index (Phi) is 5.30. The minimum absolute atomic E-state index is 0.136. The zero-order valence-electron chi connectivity index (χ0n) is 14.5. The lowest BCUT2D eigenvalue weighted by atomic mass is 9.98. The lowest BCUT2D eigenvalue weighted by molar-refractivity contribution is 0.0697. The van der Waals surface area contributed by atoms with Crippen LogP contribution < -0.4 is 5.32 Å². The van der Waals surface area contributed by atoms with Gasteiger partial charge in [0.1, 0.15) is 17.3 Å². The number of likely N-dealkylation sites (tertiary alicyclic amines) is 1. The Morgan fingerprint density at radius 1 is 1.00 bits per heavy atom. The van der Waals surface area contributed by atoms with E-state index in [9.17, 15) is 18.4 Å². The van der Waals surface area contributed by atoms with Crippen molar-refractivity contribution in [2.24, 2.45) is 5.92 Å². The van der Waals surface area contributed by atoms with Crippen molar-refractivity contribution in [2.45, 2.75) is 19.8 Å². The number of hydrogen-bond acceptors (Lipinski definition) is 2. The lowest BCUT2D eigenvalue weighted by Crippen LogP contribution is -2.38. The first-order valence-corrected chi connectivity index (χ1v) is 8.60. The second-order valence-electron chi connectivity index (χ2n) is 6.61. The molecule has 1 heterocycles. The quantitative estimate of drug-likeness (QED) is 0.898. The van der Waals surface area contributed by atoms with Crippen molar-refractivity contribution in [3.8, 4) is 0 Å². The number of carbonyl (C=O) groups excluding carboxylic acids is 2. The number of hydrogen-bond donors (Lipinski definition) is 1. The zero-order chi connectivity index (χ0) is 18.7. The average molecular weight is 358 g/mol. The molecule has 4 nitrogen and oxygen atoms in total. The molecule has 0 bridgehead atoms. The number of amides is 2. The van der Waals surface area contributed by atoms with Gasteiger partial charge in [-0.15, -0.1) is 0 Å². The first-order chi connectivity index (χ1) is 12.5. The highest BCUT2D eigenvalue weighted by molar-refractivity contribution is 6.06. The smallest absolute Gasteiger partial charge is 0.255 e. The normalized spacial score (nSPS) is 15.0. The number of rotatable bonds is 3. The third-order valence-electron chi connectivity index (χ3n) is 4.64. The molecule has 0 saturated carbocycles. The molecule has 1 aliphatic heterocycles. The summed E-state index contributed by atoms with van der Waals surface area (Å²) >= 11 is 0. The number of carbonyl (C=O) groups is 2. The summed E-state index contributed by atoms with van der Waals surface area (Å²) in [6.45, 7) is 3.54. The SMILES string of the molecule is CC1CCN(C(=O)c2cccc(C(=O)Nc3c(F)cccc3F)c2)CC1. The molecule has 1 N–H and O–H groups in total. The van der Waals surface area contributed by atoms with Gasteiger partial charge in [0.15, 0.2) is 0 Å². The molecule has 0 spiro atoms. The Morgan fingerprint density at radius 2 is 1.58 bits per heavy atom. The van der Waals surface area contributed by atoms with E-state index in [0.717, 1.165) is 25.0 Å². The molecule has 0 aliphatic carbocycles. The van der Waals surface area contributed by atoms with Gasteiger partial charge in [-0.25, -0.2) is 8.78 Å². The summed E-state index contributed by atoms with van der Waals surface area (Å²) in [5.74, 6) is -1.91. The van der Waals surface area contributed by atoms with Crippen LogP contribution in [0.3, 0.4) is 0 Å². The van der Waals surface area contributed by atoms with Crippen molar-refractivity contribution in [1.82, 2.24) is 4.90 Å². The molecule has 6 heteroatoms. The molecule has 1 aliphatic rings. The van der Waals surface area contributed by atoms with Gasteiger partial charge in [0.2, 0.25) is 0 Å². The number of nitrogens with zero attached hydrogens (tertiary/aromatic N) is 1. The van der Waals surface area contributed by atoms with Gasteiger partial charge < -0.3 is 10.2 Å². The summed E-state index contributed by atoms with van der Waals surface area (Å²) in [5.41, 5.74) is 0.0596. The molecule has 1 saturated heterocycles. The van der Waals surface area contributed by atoms with Crippen molar-refractivity contribution < 1.29 is 18.4 Å². The highest BCUT2D eigenvalue weighted by atomic mass is 19.1. The van der Waals surface area contributed by atoms with Crippen LogP contribution in [0.4, 0.5) is 14.5 Å². The van der Waals surface area contributed by atoms with E-state index in [4.69, 9.17) is 0 Å². The third kappa shape index (κ3) is 3.90. The standard InChI is InChI=1S/C20H20F2N2O2/c1-13-8-10-24(11-9-13)20(26)15-5-2-4-14(12-15)19(25)23-18-16(21)6-3-7-17(18)22/h2-7,12-13H,8-11H2,1H3,(H,23,25). The summed E-state index contributed by atoms with van der Waals surface area (Å²) in [5, 5.41) is 2.23. The van der Waals surface area contributed by atoms with E-state index in [1.807, 2.05) is 0 Å². The maximum absolute atomic E-state index is 13.7. The molecule has 136 valence electrons. The van der Waals surface area contributed by atoms with E-state index in [2.05, 4.69) is 12.2 Å². The van der Waals surface area contributed by atoms with Gasteiger partial charge >= 0.3 is 0 Å². The minimum atomic E-state index is -0.854. The van der Waals surface area contributed by atoms with Crippen LogP contribution >= 0.6 is 0 Å². The molecule has 26 heavy (non-hydrogen) atoms. The van der Waals surface area contributed by atoms with Gasteiger partial charge in [-0.1, -0.05) is 19.1 Å². The fraction of sp³-hybridized carbons (Fsp3) is 0.300. The molecule has 0 aromatic heterocycles. The summed E-state index contributed by atoms with van der Waals surface area (Å²) in [6.07, 6.45) is 1.91. The highest BCUT2D eigenvalue weighted by Crippen LogP contribution is 2.21. The molecule has 2 aromatic rings. The van der Waals surface area contributed by atoms with Crippen LogP contribution in [0.25, 0.3) is 0 Å². The van der Waals surface area contributed by atoms with Crippen LogP contribution in [0.2, 0.25) is 0 Å². The topological polar surface area (TPSA) is 49.4 Å².